The molecule has 1 heterocycles. The van der Waals surface area contributed by atoms with Crippen molar-refractivity contribution in [1.29, 1.82) is 0 Å². The third-order valence-electron chi connectivity index (χ3n) is 4.44. The molecule has 0 saturated heterocycles. The van der Waals surface area contributed by atoms with Crippen LogP contribution in [0.5, 0.6) is 0 Å². The quantitative estimate of drug-likeness (QED) is 0.850. The van der Waals surface area contributed by atoms with Crippen LogP contribution in [0.4, 0.5) is 0 Å². The third-order valence-corrected chi connectivity index (χ3v) is 6.12. The second-order valence-electron chi connectivity index (χ2n) is 6.50. The highest BCUT2D eigenvalue weighted by Crippen LogP contribution is 2.19. The molecule has 0 bridgehead atoms. The summed E-state index contributed by atoms with van der Waals surface area (Å²) < 4.78 is 27.2. The first-order valence-electron chi connectivity index (χ1n) is 8.44. The van der Waals surface area contributed by atoms with Crippen LogP contribution >= 0.6 is 11.6 Å². The van der Waals surface area contributed by atoms with E-state index in [4.69, 9.17) is 11.6 Å². The number of amides is 1. The molecule has 2 aromatic carbocycles. The first-order valence-corrected chi connectivity index (χ1v) is 10.5. The van der Waals surface area contributed by atoms with Gasteiger partial charge in [0.05, 0.1) is 11.8 Å². The summed E-state index contributed by atoms with van der Waals surface area (Å²) in [5, 5.41) is 0.549. The fourth-order valence-electron chi connectivity index (χ4n) is 3.12. The summed E-state index contributed by atoms with van der Waals surface area (Å²) in [5.74, 6) is -0.399. The van der Waals surface area contributed by atoms with Crippen molar-refractivity contribution in [1.82, 2.24) is 9.62 Å². The van der Waals surface area contributed by atoms with E-state index >= 15 is 0 Å². The highest BCUT2D eigenvalue weighted by Gasteiger charge is 2.27. The van der Waals surface area contributed by atoms with Crippen LogP contribution in [0.3, 0.4) is 0 Å². The van der Waals surface area contributed by atoms with E-state index in [-0.39, 0.29) is 11.7 Å². The minimum Gasteiger partial charge on any atom is -0.337 e. The van der Waals surface area contributed by atoms with Crippen LogP contribution in [-0.2, 0) is 33.5 Å². The van der Waals surface area contributed by atoms with Crippen LogP contribution < -0.4 is 4.72 Å². The average molecular weight is 393 g/mol. The summed E-state index contributed by atoms with van der Waals surface area (Å²) in [5.41, 5.74) is 2.98. The van der Waals surface area contributed by atoms with Gasteiger partial charge in [0.2, 0.25) is 15.9 Å². The predicted molar refractivity (Wildman–Crippen MR) is 102 cm³/mol. The van der Waals surface area contributed by atoms with Crippen LogP contribution in [0.2, 0.25) is 5.02 Å². The van der Waals surface area contributed by atoms with Crippen LogP contribution in [0.25, 0.3) is 0 Å². The molecule has 1 N–H and O–H groups in total. The normalized spacial score (nSPS) is 15.4. The summed E-state index contributed by atoms with van der Waals surface area (Å²) >= 11 is 5.82. The minimum absolute atomic E-state index is 0.190. The van der Waals surface area contributed by atoms with Crippen LogP contribution in [0, 0.1) is 0 Å². The Balaban J connectivity index is 1.62. The first kappa shape index (κ1) is 18.9. The molecule has 0 saturated carbocycles. The Morgan fingerprint density at radius 1 is 1.15 bits per heavy atom. The van der Waals surface area contributed by atoms with Crippen molar-refractivity contribution in [2.24, 2.45) is 0 Å². The lowest BCUT2D eigenvalue weighted by molar-refractivity contribution is -0.133. The lowest BCUT2D eigenvalue weighted by atomic mass is 9.99. The van der Waals surface area contributed by atoms with Crippen molar-refractivity contribution in [3.05, 3.63) is 70.2 Å². The SMILES string of the molecule is C[C@@H](NS(=O)(=O)Cc1ccc(Cl)cc1)C(=O)N1CCc2ccccc2C1. The van der Waals surface area contributed by atoms with Gasteiger partial charge in [0, 0.05) is 18.1 Å². The van der Waals surface area contributed by atoms with Crippen molar-refractivity contribution in [3.63, 3.8) is 0 Å². The Labute approximate surface area is 159 Å². The number of fused-ring (bicyclic) bond motifs is 1. The number of carbonyl (C=O) groups excluding carboxylic acids is 1. The smallest absolute Gasteiger partial charge is 0.240 e. The maximum atomic E-state index is 12.7. The second-order valence-corrected chi connectivity index (χ2v) is 8.69. The molecule has 0 aromatic heterocycles. The largest absolute Gasteiger partial charge is 0.337 e. The molecule has 1 aliphatic heterocycles. The Morgan fingerprint density at radius 2 is 1.81 bits per heavy atom. The fraction of sp³-hybridized carbons (Fsp3) is 0.316. The number of halogens is 1. The summed E-state index contributed by atoms with van der Waals surface area (Å²) in [4.78, 5) is 14.4. The van der Waals surface area contributed by atoms with Crippen molar-refractivity contribution in [2.75, 3.05) is 6.54 Å². The van der Waals surface area contributed by atoms with Crippen LogP contribution in [0.15, 0.2) is 48.5 Å². The van der Waals surface area contributed by atoms with E-state index in [0.717, 1.165) is 12.0 Å². The van der Waals surface area contributed by atoms with Gasteiger partial charge in [-0.1, -0.05) is 48.0 Å². The maximum absolute atomic E-state index is 12.7. The standard InChI is InChI=1S/C19H21ClN2O3S/c1-14(21-26(24,25)13-15-6-8-18(20)9-7-15)19(23)22-11-10-16-4-2-3-5-17(16)12-22/h2-9,14,21H,10-13H2,1H3/t14-/m1/s1. The van der Waals surface area contributed by atoms with Gasteiger partial charge in [0.1, 0.15) is 0 Å². The number of carbonyl (C=O) groups is 1. The van der Waals surface area contributed by atoms with Gasteiger partial charge < -0.3 is 4.90 Å². The van der Waals surface area contributed by atoms with Gasteiger partial charge in [-0.25, -0.2) is 13.1 Å². The number of benzene rings is 2. The first-order chi connectivity index (χ1) is 12.3. The summed E-state index contributed by atoms with van der Waals surface area (Å²) in [7, 11) is -3.63. The summed E-state index contributed by atoms with van der Waals surface area (Å²) in [6, 6.07) is 13.8. The van der Waals surface area contributed by atoms with Gasteiger partial charge in [-0.05, 0) is 42.2 Å². The summed E-state index contributed by atoms with van der Waals surface area (Å²) in [6.45, 7) is 2.69. The predicted octanol–water partition coefficient (Wildman–Crippen LogP) is 2.73. The molecule has 5 nitrogen and oxygen atoms in total. The van der Waals surface area contributed by atoms with E-state index in [2.05, 4.69) is 10.8 Å². The molecule has 138 valence electrons. The maximum Gasteiger partial charge on any atom is 0.240 e. The number of hydrogen-bond donors (Lipinski definition) is 1. The molecule has 1 aliphatic rings. The van der Waals surface area contributed by atoms with E-state index in [0.29, 0.717) is 23.7 Å². The Kier molecular flexibility index (Phi) is 5.65. The van der Waals surface area contributed by atoms with E-state index in [1.807, 2.05) is 18.2 Å². The van der Waals surface area contributed by atoms with Crippen LogP contribution in [-0.4, -0.2) is 31.8 Å². The van der Waals surface area contributed by atoms with Gasteiger partial charge in [-0.2, -0.15) is 0 Å². The number of sulfonamides is 1. The Hall–Kier alpha value is -1.89. The van der Waals surface area contributed by atoms with Crippen LogP contribution in [0.1, 0.15) is 23.6 Å². The molecule has 7 heteroatoms. The molecular weight excluding hydrogens is 372 g/mol. The molecule has 0 spiro atoms. The zero-order chi connectivity index (χ0) is 18.7. The molecule has 3 rings (SSSR count). The molecule has 1 amide bonds. The lowest BCUT2D eigenvalue weighted by Crippen LogP contribution is -2.48. The van der Waals surface area contributed by atoms with Gasteiger partial charge in [0.15, 0.2) is 0 Å². The average Bonchev–Trinajstić information content (AvgIpc) is 2.62. The molecule has 0 fully saturated rings. The third kappa shape index (κ3) is 4.63. The number of nitrogens with zero attached hydrogens (tertiary/aromatic N) is 1. The van der Waals surface area contributed by atoms with Gasteiger partial charge in [-0.15, -0.1) is 0 Å². The Morgan fingerprint density at radius 3 is 2.50 bits per heavy atom. The topological polar surface area (TPSA) is 66.5 Å². The van der Waals surface area contributed by atoms with E-state index in [1.54, 1.807) is 36.1 Å². The van der Waals surface area contributed by atoms with Crippen molar-refractivity contribution in [3.8, 4) is 0 Å². The molecule has 0 aliphatic carbocycles. The number of nitrogens with one attached hydrogen (secondary N) is 1. The van der Waals surface area contributed by atoms with Gasteiger partial charge >= 0.3 is 0 Å². The van der Waals surface area contributed by atoms with E-state index in [9.17, 15) is 13.2 Å². The molecule has 0 unspecified atom stereocenters. The van der Waals surface area contributed by atoms with Crippen molar-refractivity contribution in [2.45, 2.75) is 31.7 Å². The fourth-order valence-corrected chi connectivity index (χ4v) is 4.60. The van der Waals surface area contributed by atoms with Crippen molar-refractivity contribution < 1.29 is 13.2 Å². The number of rotatable bonds is 5. The Bertz CT molecular complexity index is 897. The highest BCUT2D eigenvalue weighted by molar-refractivity contribution is 7.88. The zero-order valence-corrected chi connectivity index (χ0v) is 16.1. The molecule has 2 aromatic rings. The molecular formula is C19H21ClN2O3S. The summed E-state index contributed by atoms with van der Waals surface area (Å²) in [6.07, 6.45) is 0.784. The second kappa shape index (κ2) is 7.78. The molecule has 0 radical (unpaired) electrons. The molecule has 26 heavy (non-hydrogen) atoms. The van der Waals surface area contributed by atoms with Gasteiger partial charge in [-0.3, -0.25) is 4.79 Å². The highest BCUT2D eigenvalue weighted by atomic mass is 35.5. The monoisotopic (exact) mass is 392 g/mol. The molecule has 1 atom stereocenters. The van der Waals surface area contributed by atoms with E-state index < -0.39 is 16.1 Å². The lowest BCUT2D eigenvalue weighted by Gasteiger charge is -2.31. The number of hydrogen-bond acceptors (Lipinski definition) is 3. The van der Waals surface area contributed by atoms with Gasteiger partial charge in [0.25, 0.3) is 0 Å². The van der Waals surface area contributed by atoms with E-state index in [1.165, 1.54) is 5.56 Å². The minimum atomic E-state index is -3.63. The van der Waals surface area contributed by atoms with Crippen molar-refractivity contribution >= 4 is 27.5 Å². The zero-order valence-electron chi connectivity index (χ0n) is 14.5.